The van der Waals surface area contributed by atoms with E-state index in [4.69, 9.17) is 9.47 Å². The van der Waals surface area contributed by atoms with Crippen LogP contribution in [0.4, 0.5) is 11.4 Å². The van der Waals surface area contributed by atoms with E-state index in [-0.39, 0.29) is 12.5 Å². The number of hydrogen-bond acceptors (Lipinski definition) is 6. The molecule has 0 unspecified atom stereocenters. The number of nitrogens with one attached hydrogen (secondary N) is 3. The fraction of sp³-hybridized carbons (Fsp3) is 0.154. The van der Waals surface area contributed by atoms with Crippen LogP contribution < -0.4 is 25.5 Å². The minimum atomic E-state index is -0.960. The highest BCUT2D eigenvalue weighted by Crippen LogP contribution is 2.22. The Balaban J connectivity index is 1.54. The molecule has 0 atom stereocenters. The lowest BCUT2D eigenvalue weighted by atomic mass is 10.1. The average molecular weight is 475 g/mol. The topological polar surface area (TPSA) is 118 Å². The SMILES string of the molecule is COc1ccccc1NC(=O)C(=O)N/N=C\c1ccccc1OCC(=O)Nc1ccc(C)c(C)c1. The van der Waals surface area contributed by atoms with Gasteiger partial charge in [0.05, 0.1) is 19.0 Å². The summed E-state index contributed by atoms with van der Waals surface area (Å²) in [6.45, 7) is 3.75. The number of hydrogen-bond donors (Lipinski definition) is 3. The van der Waals surface area contributed by atoms with Crippen LogP contribution in [0, 0.1) is 13.8 Å². The van der Waals surface area contributed by atoms with E-state index in [1.807, 2.05) is 32.0 Å². The van der Waals surface area contributed by atoms with Gasteiger partial charge in [-0.15, -0.1) is 0 Å². The summed E-state index contributed by atoms with van der Waals surface area (Å²) in [6, 6.07) is 19.2. The summed E-state index contributed by atoms with van der Waals surface area (Å²) < 4.78 is 10.8. The van der Waals surface area contributed by atoms with Crippen molar-refractivity contribution >= 4 is 35.3 Å². The van der Waals surface area contributed by atoms with Crippen LogP contribution in [0.5, 0.6) is 11.5 Å². The summed E-state index contributed by atoms with van der Waals surface area (Å²) in [5, 5.41) is 9.07. The summed E-state index contributed by atoms with van der Waals surface area (Å²) in [7, 11) is 1.46. The third kappa shape index (κ3) is 7.16. The maximum Gasteiger partial charge on any atom is 0.329 e. The molecule has 0 fully saturated rings. The first kappa shape index (κ1) is 25.0. The molecule has 0 saturated heterocycles. The third-order valence-electron chi connectivity index (χ3n) is 5.00. The normalized spacial score (nSPS) is 10.5. The van der Waals surface area contributed by atoms with Gasteiger partial charge in [0.15, 0.2) is 6.61 Å². The molecule has 0 aliphatic carbocycles. The second-order valence-corrected chi connectivity index (χ2v) is 7.53. The van der Waals surface area contributed by atoms with Gasteiger partial charge in [-0.1, -0.05) is 30.3 Å². The molecule has 0 aliphatic heterocycles. The maximum absolute atomic E-state index is 12.3. The van der Waals surface area contributed by atoms with Crippen molar-refractivity contribution in [2.24, 2.45) is 5.10 Å². The standard InChI is InChI=1S/C26H26N4O5/c1-17-12-13-20(14-18(17)2)28-24(31)16-35-22-10-6-4-8-19(22)15-27-30-26(33)25(32)29-21-9-5-7-11-23(21)34-3/h4-15H,16H2,1-3H3,(H,28,31)(H,29,32)(H,30,33)/b27-15-. The highest BCUT2D eigenvalue weighted by molar-refractivity contribution is 6.39. The quantitative estimate of drug-likeness (QED) is 0.263. The number of amides is 3. The summed E-state index contributed by atoms with van der Waals surface area (Å²) in [4.78, 5) is 36.5. The lowest BCUT2D eigenvalue weighted by molar-refractivity contribution is -0.136. The van der Waals surface area contributed by atoms with Crippen molar-refractivity contribution < 1.29 is 23.9 Å². The van der Waals surface area contributed by atoms with E-state index in [0.29, 0.717) is 28.4 Å². The first-order chi connectivity index (χ1) is 16.9. The Morgan fingerprint density at radius 2 is 1.57 bits per heavy atom. The lowest BCUT2D eigenvalue weighted by Crippen LogP contribution is -2.32. The van der Waals surface area contributed by atoms with Crippen LogP contribution in [0.15, 0.2) is 71.8 Å². The molecule has 0 heterocycles. The zero-order valence-corrected chi connectivity index (χ0v) is 19.6. The van der Waals surface area contributed by atoms with Crippen molar-refractivity contribution in [2.45, 2.75) is 13.8 Å². The van der Waals surface area contributed by atoms with Crippen LogP contribution in [0.1, 0.15) is 16.7 Å². The van der Waals surface area contributed by atoms with Crippen molar-refractivity contribution in [1.29, 1.82) is 0 Å². The predicted molar refractivity (Wildman–Crippen MR) is 134 cm³/mol. The van der Waals surface area contributed by atoms with Crippen molar-refractivity contribution in [3.63, 3.8) is 0 Å². The van der Waals surface area contributed by atoms with E-state index in [2.05, 4.69) is 21.2 Å². The molecule has 0 radical (unpaired) electrons. The number of para-hydroxylation sites is 3. The van der Waals surface area contributed by atoms with Crippen molar-refractivity contribution in [1.82, 2.24) is 5.43 Å². The molecule has 3 N–H and O–H groups in total. The summed E-state index contributed by atoms with van der Waals surface area (Å²) >= 11 is 0. The molecule has 3 aromatic carbocycles. The Morgan fingerprint density at radius 1 is 0.857 bits per heavy atom. The van der Waals surface area contributed by atoms with Gasteiger partial charge >= 0.3 is 11.8 Å². The van der Waals surface area contributed by atoms with Gasteiger partial charge in [0.1, 0.15) is 11.5 Å². The number of carbonyl (C=O) groups excluding carboxylic acids is 3. The number of anilines is 2. The molecule has 3 rings (SSSR count). The lowest BCUT2D eigenvalue weighted by Gasteiger charge is -2.10. The van der Waals surface area contributed by atoms with Crippen LogP contribution in [0.25, 0.3) is 0 Å². The number of carbonyl (C=O) groups is 3. The largest absolute Gasteiger partial charge is 0.495 e. The zero-order valence-electron chi connectivity index (χ0n) is 19.6. The van der Waals surface area contributed by atoms with Gasteiger partial charge < -0.3 is 20.1 Å². The van der Waals surface area contributed by atoms with Gasteiger partial charge in [0.2, 0.25) is 0 Å². The number of benzene rings is 3. The van der Waals surface area contributed by atoms with E-state index in [0.717, 1.165) is 11.1 Å². The smallest absolute Gasteiger partial charge is 0.329 e. The molecule has 0 aliphatic rings. The number of ether oxygens (including phenoxy) is 2. The minimum absolute atomic E-state index is 0.217. The molecule has 0 bridgehead atoms. The molecule has 180 valence electrons. The van der Waals surface area contributed by atoms with Gasteiger partial charge in [-0.25, -0.2) is 5.43 Å². The van der Waals surface area contributed by atoms with Crippen molar-refractivity contribution in [3.05, 3.63) is 83.4 Å². The van der Waals surface area contributed by atoms with Gasteiger partial charge in [-0.2, -0.15) is 5.10 Å². The second-order valence-electron chi connectivity index (χ2n) is 7.53. The van der Waals surface area contributed by atoms with E-state index in [1.54, 1.807) is 48.5 Å². The molecule has 0 spiro atoms. The Bertz CT molecular complexity index is 1260. The van der Waals surface area contributed by atoms with Crippen molar-refractivity contribution in [2.75, 3.05) is 24.4 Å². The highest BCUT2D eigenvalue weighted by atomic mass is 16.5. The van der Waals surface area contributed by atoms with E-state index in [9.17, 15) is 14.4 Å². The fourth-order valence-corrected chi connectivity index (χ4v) is 3.02. The summed E-state index contributed by atoms with van der Waals surface area (Å²) in [5.74, 6) is -1.37. The number of rotatable bonds is 8. The molecule has 0 aromatic heterocycles. The van der Waals surface area contributed by atoms with Crippen LogP contribution >= 0.6 is 0 Å². The van der Waals surface area contributed by atoms with Gasteiger partial charge in [0.25, 0.3) is 5.91 Å². The molecule has 9 nitrogen and oxygen atoms in total. The predicted octanol–water partition coefficient (Wildman–Crippen LogP) is 3.42. The van der Waals surface area contributed by atoms with Crippen LogP contribution in [0.3, 0.4) is 0 Å². The molecular formula is C26H26N4O5. The molecular weight excluding hydrogens is 448 g/mol. The maximum atomic E-state index is 12.3. The van der Waals surface area contributed by atoms with Crippen LogP contribution in [-0.4, -0.2) is 37.7 Å². The fourth-order valence-electron chi connectivity index (χ4n) is 3.02. The van der Waals surface area contributed by atoms with E-state index >= 15 is 0 Å². The molecule has 0 saturated carbocycles. The molecule has 3 amide bonds. The highest BCUT2D eigenvalue weighted by Gasteiger charge is 2.15. The third-order valence-corrected chi connectivity index (χ3v) is 5.00. The Morgan fingerprint density at radius 3 is 2.31 bits per heavy atom. The molecule has 3 aromatic rings. The monoisotopic (exact) mass is 474 g/mol. The Hall–Kier alpha value is -4.66. The Labute approximate surface area is 203 Å². The van der Waals surface area contributed by atoms with Crippen LogP contribution in [-0.2, 0) is 14.4 Å². The number of aryl methyl sites for hydroxylation is 2. The summed E-state index contributed by atoms with van der Waals surface area (Å²) in [6.07, 6.45) is 1.32. The average Bonchev–Trinajstić information content (AvgIpc) is 2.86. The number of methoxy groups -OCH3 is 1. The van der Waals surface area contributed by atoms with E-state index in [1.165, 1.54) is 13.3 Å². The van der Waals surface area contributed by atoms with E-state index < -0.39 is 11.8 Å². The van der Waals surface area contributed by atoms with Crippen LogP contribution in [0.2, 0.25) is 0 Å². The Kier molecular flexibility index (Phi) is 8.55. The number of hydrazone groups is 1. The molecule has 35 heavy (non-hydrogen) atoms. The minimum Gasteiger partial charge on any atom is -0.495 e. The second kappa shape index (κ2) is 12.0. The first-order valence-electron chi connectivity index (χ1n) is 10.7. The van der Waals surface area contributed by atoms with Gasteiger partial charge in [-0.3, -0.25) is 14.4 Å². The molecule has 9 heteroatoms. The first-order valence-corrected chi connectivity index (χ1v) is 10.7. The van der Waals surface area contributed by atoms with Crippen molar-refractivity contribution in [3.8, 4) is 11.5 Å². The zero-order chi connectivity index (χ0) is 25.2. The summed E-state index contributed by atoms with van der Waals surface area (Å²) in [5.41, 5.74) is 5.93. The van der Waals surface area contributed by atoms with Gasteiger partial charge in [-0.05, 0) is 61.4 Å². The number of nitrogens with zero attached hydrogens (tertiary/aromatic N) is 1. The van der Waals surface area contributed by atoms with Gasteiger partial charge in [0, 0.05) is 11.3 Å².